The highest BCUT2D eigenvalue weighted by Crippen LogP contribution is 2.34. The van der Waals surface area contributed by atoms with Crippen molar-refractivity contribution in [2.45, 2.75) is 35.6 Å². The zero-order chi connectivity index (χ0) is 16.6. The van der Waals surface area contributed by atoms with Crippen LogP contribution in [0.15, 0.2) is 39.1 Å². The molecule has 7 heteroatoms. The maximum absolute atomic E-state index is 12.9. The van der Waals surface area contributed by atoms with Gasteiger partial charge in [-0.1, -0.05) is 36.4 Å². The van der Waals surface area contributed by atoms with Crippen molar-refractivity contribution in [1.29, 1.82) is 0 Å². The lowest BCUT2D eigenvalue weighted by Gasteiger charge is -2.13. The van der Waals surface area contributed by atoms with Gasteiger partial charge in [0.05, 0.1) is 22.0 Å². The van der Waals surface area contributed by atoms with Crippen molar-refractivity contribution in [2.24, 2.45) is 5.73 Å². The minimum Gasteiger partial charge on any atom is -0.369 e. The molecule has 0 spiro atoms. The minimum absolute atomic E-state index is 0.0693. The molecule has 0 radical (unpaired) electrons. The number of carbonyl (C=O) groups is 1. The smallest absolute Gasteiger partial charge is 0.272 e. The highest BCUT2D eigenvalue weighted by Gasteiger charge is 2.26. The Morgan fingerprint density at radius 2 is 2.13 bits per heavy atom. The van der Waals surface area contributed by atoms with E-state index >= 15 is 0 Å². The number of fused-ring (bicyclic) bond motifs is 1. The maximum atomic E-state index is 12.9. The van der Waals surface area contributed by atoms with Gasteiger partial charge in [-0.25, -0.2) is 4.98 Å². The predicted molar refractivity (Wildman–Crippen MR) is 93.5 cm³/mol. The summed E-state index contributed by atoms with van der Waals surface area (Å²) >= 11 is 2.77. The number of nitrogens with zero attached hydrogens (tertiary/aromatic N) is 2. The summed E-state index contributed by atoms with van der Waals surface area (Å²) < 4.78 is 1.58. The summed E-state index contributed by atoms with van der Waals surface area (Å²) in [6, 6.07) is 7.69. The van der Waals surface area contributed by atoms with Crippen molar-refractivity contribution in [3.05, 3.63) is 45.9 Å². The molecular formula is C16H17N3O2S2. The number of benzene rings is 1. The van der Waals surface area contributed by atoms with Crippen LogP contribution in [0.2, 0.25) is 0 Å². The van der Waals surface area contributed by atoms with Gasteiger partial charge in [0, 0.05) is 11.7 Å². The lowest BCUT2D eigenvalue weighted by Crippen LogP contribution is -2.24. The van der Waals surface area contributed by atoms with E-state index in [2.05, 4.69) is 11.9 Å². The van der Waals surface area contributed by atoms with Crippen molar-refractivity contribution in [2.75, 3.05) is 5.75 Å². The molecule has 23 heavy (non-hydrogen) atoms. The standard InChI is InChI=1S/C16H17N3O2S2/c1-9-3-5-11(6-4-9)19-15(21)14-12(7-10(2)23-14)18-16(19)22-8-13(17)20/h3-6,10H,7-8H2,1-2H3,(H2,17,20)/t10-/m0/s1. The molecule has 0 fully saturated rings. The fourth-order valence-electron chi connectivity index (χ4n) is 2.45. The van der Waals surface area contributed by atoms with E-state index in [4.69, 9.17) is 5.73 Å². The van der Waals surface area contributed by atoms with Gasteiger partial charge >= 0.3 is 0 Å². The van der Waals surface area contributed by atoms with Crippen LogP contribution in [0.5, 0.6) is 0 Å². The molecule has 0 unspecified atom stereocenters. The molecule has 1 aromatic heterocycles. The summed E-state index contributed by atoms with van der Waals surface area (Å²) in [6.45, 7) is 4.08. The van der Waals surface area contributed by atoms with Crippen molar-refractivity contribution in [1.82, 2.24) is 9.55 Å². The summed E-state index contributed by atoms with van der Waals surface area (Å²) in [5, 5.41) is 0.860. The minimum atomic E-state index is -0.428. The topological polar surface area (TPSA) is 78.0 Å². The second kappa shape index (κ2) is 6.41. The van der Waals surface area contributed by atoms with Crippen LogP contribution in [0.1, 0.15) is 18.2 Å². The third-order valence-corrected chi connectivity index (χ3v) is 5.69. The monoisotopic (exact) mass is 347 g/mol. The third-order valence-electron chi connectivity index (χ3n) is 3.52. The van der Waals surface area contributed by atoms with Gasteiger partial charge < -0.3 is 5.73 Å². The van der Waals surface area contributed by atoms with Gasteiger partial charge in [-0.15, -0.1) is 11.8 Å². The number of thioether (sulfide) groups is 2. The number of aromatic nitrogens is 2. The summed E-state index contributed by atoms with van der Waals surface area (Å²) in [6.07, 6.45) is 0.772. The number of amides is 1. The normalized spacial score (nSPS) is 16.3. The van der Waals surface area contributed by atoms with Crippen molar-refractivity contribution in [3.8, 4) is 5.69 Å². The SMILES string of the molecule is Cc1ccc(-n2c(SCC(N)=O)nc3c(c2=O)S[C@@H](C)C3)cc1. The number of aryl methyl sites for hydroxylation is 1. The number of hydrogen-bond donors (Lipinski definition) is 1. The Bertz CT molecular complexity index is 815. The second-order valence-electron chi connectivity index (χ2n) is 5.53. The van der Waals surface area contributed by atoms with Crippen LogP contribution in [0.3, 0.4) is 0 Å². The van der Waals surface area contributed by atoms with E-state index in [0.717, 1.165) is 23.4 Å². The fourth-order valence-corrected chi connectivity index (χ4v) is 4.32. The first-order valence-corrected chi connectivity index (χ1v) is 9.13. The lowest BCUT2D eigenvalue weighted by atomic mass is 10.2. The number of hydrogen-bond acceptors (Lipinski definition) is 5. The second-order valence-corrected chi connectivity index (χ2v) is 7.93. The zero-order valence-corrected chi connectivity index (χ0v) is 14.5. The Kier molecular flexibility index (Phi) is 4.50. The quantitative estimate of drug-likeness (QED) is 0.677. The van der Waals surface area contributed by atoms with Crippen molar-refractivity contribution in [3.63, 3.8) is 0 Å². The Balaban J connectivity index is 2.15. The molecule has 1 aliphatic rings. The van der Waals surface area contributed by atoms with E-state index in [-0.39, 0.29) is 11.3 Å². The Labute approximate surface area is 142 Å². The molecule has 3 rings (SSSR count). The van der Waals surface area contributed by atoms with Gasteiger partial charge in [-0.2, -0.15) is 0 Å². The Hall–Kier alpha value is -1.73. The number of nitrogens with two attached hydrogens (primary N) is 1. The van der Waals surface area contributed by atoms with Crippen LogP contribution in [0.4, 0.5) is 0 Å². The van der Waals surface area contributed by atoms with E-state index in [1.165, 1.54) is 11.8 Å². The molecular weight excluding hydrogens is 330 g/mol. The largest absolute Gasteiger partial charge is 0.369 e. The lowest BCUT2D eigenvalue weighted by molar-refractivity contribution is -0.115. The molecule has 2 aromatic rings. The molecule has 1 amide bonds. The van der Waals surface area contributed by atoms with Crippen LogP contribution in [0.25, 0.3) is 5.69 Å². The van der Waals surface area contributed by atoms with E-state index < -0.39 is 5.91 Å². The number of carbonyl (C=O) groups excluding carboxylic acids is 1. The van der Waals surface area contributed by atoms with E-state index in [9.17, 15) is 9.59 Å². The van der Waals surface area contributed by atoms with E-state index in [1.54, 1.807) is 16.3 Å². The summed E-state index contributed by atoms with van der Waals surface area (Å²) in [5.74, 6) is -0.331. The molecule has 2 N–H and O–H groups in total. The van der Waals surface area contributed by atoms with Gasteiger partial charge in [0.1, 0.15) is 0 Å². The van der Waals surface area contributed by atoms with Gasteiger partial charge in [0.25, 0.3) is 5.56 Å². The molecule has 120 valence electrons. The van der Waals surface area contributed by atoms with Crippen LogP contribution >= 0.6 is 23.5 Å². The van der Waals surface area contributed by atoms with Crippen molar-refractivity contribution < 1.29 is 4.79 Å². The van der Waals surface area contributed by atoms with E-state index in [0.29, 0.717) is 15.3 Å². The molecule has 0 aliphatic carbocycles. The molecule has 1 atom stereocenters. The molecule has 5 nitrogen and oxygen atoms in total. The van der Waals surface area contributed by atoms with Crippen LogP contribution in [0, 0.1) is 6.92 Å². The molecule has 1 aromatic carbocycles. The predicted octanol–water partition coefficient (Wildman–Crippen LogP) is 2.16. The average Bonchev–Trinajstić information content (AvgIpc) is 2.87. The average molecular weight is 347 g/mol. The number of primary amides is 1. The molecule has 0 bridgehead atoms. The van der Waals surface area contributed by atoms with Gasteiger partial charge in [0.2, 0.25) is 5.91 Å². The van der Waals surface area contributed by atoms with Gasteiger partial charge in [-0.05, 0) is 19.1 Å². The van der Waals surface area contributed by atoms with Crippen LogP contribution in [-0.4, -0.2) is 26.5 Å². The van der Waals surface area contributed by atoms with E-state index in [1.807, 2.05) is 31.2 Å². The first-order chi connectivity index (χ1) is 11.0. The highest BCUT2D eigenvalue weighted by molar-refractivity contribution is 8.00. The fraction of sp³-hybridized carbons (Fsp3) is 0.312. The van der Waals surface area contributed by atoms with Gasteiger partial charge in [0.15, 0.2) is 5.16 Å². The first-order valence-electron chi connectivity index (χ1n) is 7.26. The van der Waals surface area contributed by atoms with Gasteiger partial charge in [-0.3, -0.25) is 14.2 Å². The zero-order valence-electron chi connectivity index (χ0n) is 12.9. The first kappa shape index (κ1) is 16.1. The molecule has 0 saturated heterocycles. The Morgan fingerprint density at radius 3 is 2.78 bits per heavy atom. The maximum Gasteiger partial charge on any atom is 0.272 e. The Morgan fingerprint density at radius 1 is 1.43 bits per heavy atom. The summed E-state index contributed by atoms with van der Waals surface area (Å²) in [7, 11) is 0. The van der Waals surface area contributed by atoms with Crippen molar-refractivity contribution >= 4 is 29.4 Å². The molecule has 1 aliphatic heterocycles. The molecule has 2 heterocycles. The summed E-state index contributed by atoms with van der Waals surface area (Å²) in [5.41, 5.74) is 7.86. The summed E-state index contributed by atoms with van der Waals surface area (Å²) in [4.78, 5) is 29.4. The molecule has 0 saturated carbocycles. The van der Waals surface area contributed by atoms with Crippen LogP contribution < -0.4 is 11.3 Å². The third kappa shape index (κ3) is 3.30. The highest BCUT2D eigenvalue weighted by atomic mass is 32.2. The number of rotatable bonds is 4. The van der Waals surface area contributed by atoms with Crippen LogP contribution in [-0.2, 0) is 11.2 Å².